The Morgan fingerprint density at radius 1 is 1.04 bits per heavy atom. The van der Waals surface area contributed by atoms with Gasteiger partial charge in [-0.1, -0.05) is 18.0 Å². The molecule has 1 aromatic carbocycles. The number of halogens is 1. The average molecular weight is 338 g/mol. The van der Waals surface area contributed by atoms with Crippen LogP contribution in [0.3, 0.4) is 0 Å². The lowest BCUT2D eigenvalue weighted by Gasteiger charge is -2.30. The van der Waals surface area contributed by atoms with Crippen LogP contribution in [0.2, 0.25) is 5.02 Å². The molecule has 0 unspecified atom stereocenters. The number of nitrogens with one attached hydrogen (secondary N) is 1. The molecule has 0 bridgehead atoms. The van der Waals surface area contributed by atoms with Crippen LogP contribution in [0.5, 0.6) is 5.75 Å². The van der Waals surface area contributed by atoms with Crippen LogP contribution in [0.4, 0.5) is 5.69 Å². The van der Waals surface area contributed by atoms with Crippen molar-refractivity contribution in [1.29, 1.82) is 0 Å². The topological polar surface area (TPSA) is 27.7 Å². The van der Waals surface area contributed by atoms with Gasteiger partial charge >= 0.3 is 0 Å². The SMILES string of the molecule is Clc1cc(OCCCN2CCCCC2)ccc1N1CCNCC1. The maximum absolute atomic E-state index is 6.45. The van der Waals surface area contributed by atoms with E-state index in [0.717, 1.165) is 62.2 Å². The van der Waals surface area contributed by atoms with Crippen molar-refractivity contribution in [3.63, 3.8) is 0 Å². The zero-order valence-corrected chi connectivity index (χ0v) is 14.7. The van der Waals surface area contributed by atoms with Crippen LogP contribution in [0.1, 0.15) is 25.7 Å². The summed E-state index contributed by atoms with van der Waals surface area (Å²) in [5.41, 5.74) is 1.12. The summed E-state index contributed by atoms with van der Waals surface area (Å²) in [6.07, 6.45) is 5.18. The molecule has 0 spiro atoms. The molecule has 5 heteroatoms. The highest BCUT2D eigenvalue weighted by molar-refractivity contribution is 6.33. The van der Waals surface area contributed by atoms with Crippen LogP contribution < -0.4 is 15.0 Å². The molecule has 2 aliphatic rings. The highest BCUT2D eigenvalue weighted by atomic mass is 35.5. The summed E-state index contributed by atoms with van der Waals surface area (Å²) in [7, 11) is 0. The second-order valence-corrected chi connectivity index (χ2v) is 6.86. The van der Waals surface area contributed by atoms with Crippen LogP contribution in [-0.4, -0.2) is 57.3 Å². The lowest BCUT2D eigenvalue weighted by atomic mass is 10.1. The quantitative estimate of drug-likeness (QED) is 0.808. The molecular formula is C18H28ClN3O. The summed E-state index contributed by atoms with van der Waals surface area (Å²) in [4.78, 5) is 4.88. The molecule has 3 rings (SSSR count). The van der Waals surface area contributed by atoms with Crippen LogP contribution in [0.15, 0.2) is 18.2 Å². The summed E-state index contributed by atoms with van der Waals surface area (Å²) in [6.45, 7) is 8.48. The van der Waals surface area contributed by atoms with Gasteiger partial charge < -0.3 is 19.9 Å². The number of piperidine rings is 1. The summed E-state index contributed by atoms with van der Waals surface area (Å²) < 4.78 is 5.88. The fourth-order valence-corrected chi connectivity index (χ4v) is 3.69. The lowest BCUT2D eigenvalue weighted by Crippen LogP contribution is -2.43. The first-order chi connectivity index (χ1) is 11.3. The summed E-state index contributed by atoms with van der Waals surface area (Å²) in [5, 5.41) is 4.16. The van der Waals surface area contributed by atoms with Gasteiger partial charge in [0, 0.05) is 38.8 Å². The van der Waals surface area contributed by atoms with E-state index in [4.69, 9.17) is 16.3 Å². The van der Waals surface area contributed by atoms with Gasteiger partial charge in [0.15, 0.2) is 0 Å². The minimum atomic E-state index is 0.764. The molecule has 1 N–H and O–H groups in total. The van der Waals surface area contributed by atoms with Crippen molar-refractivity contribution in [2.45, 2.75) is 25.7 Å². The smallest absolute Gasteiger partial charge is 0.120 e. The van der Waals surface area contributed by atoms with Crippen LogP contribution in [-0.2, 0) is 0 Å². The van der Waals surface area contributed by atoms with Crippen molar-refractivity contribution in [2.24, 2.45) is 0 Å². The molecule has 4 nitrogen and oxygen atoms in total. The molecule has 1 aromatic rings. The Balaban J connectivity index is 1.44. The number of rotatable bonds is 6. The summed E-state index contributed by atoms with van der Waals surface area (Å²) in [6, 6.07) is 6.09. The number of hydrogen-bond acceptors (Lipinski definition) is 4. The Hall–Kier alpha value is -0.970. The first-order valence-electron chi connectivity index (χ1n) is 8.93. The van der Waals surface area contributed by atoms with E-state index in [1.54, 1.807) is 0 Å². The molecular weight excluding hydrogens is 310 g/mol. The van der Waals surface area contributed by atoms with Crippen LogP contribution in [0.25, 0.3) is 0 Å². The number of ether oxygens (including phenoxy) is 1. The minimum Gasteiger partial charge on any atom is -0.493 e. The highest BCUT2D eigenvalue weighted by Gasteiger charge is 2.14. The molecule has 0 aliphatic carbocycles. The van der Waals surface area contributed by atoms with Gasteiger partial charge in [-0.15, -0.1) is 0 Å². The van der Waals surface area contributed by atoms with Crippen molar-refractivity contribution in [2.75, 3.05) is 57.3 Å². The van der Waals surface area contributed by atoms with E-state index in [1.807, 2.05) is 12.1 Å². The monoisotopic (exact) mass is 337 g/mol. The molecule has 2 fully saturated rings. The number of nitrogens with zero attached hydrogens (tertiary/aromatic N) is 2. The minimum absolute atomic E-state index is 0.764. The molecule has 0 amide bonds. The molecule has 0 aromatic heterocycles. The molecule has 0 radical (unpaired) electrons. The maximum Gasteiger partial charge on any atom is 0.120 e. The van der Waals surface area contributed by atoms with Crippen LogP contribution >= 0.6 is 11.6 Å². The second-order valence-electron chi connectivity index (χ2n) is 6.45. The van der Waals surface area contributed by atoms with Gasteiger partial charge in [0.25, 0.3) is 0 Å². The average Bonchev–Trinajstić information content (AvgIpc) is 2.60. The van der Waals surface area contributed by atoms with E-state index < -0.39 is 0 Å². The van der Waals surface area contributed by atoms with Crippen molar-refractivity contribution in [1.82, 2.24) is 10.2 Å². The van der Waals surface area contributed by atoms with Crippen LogP contribution in [0, 0.1) is 0 Å². The third-order valence-electron chi connectivity index (χ3n) is 4.71. The predicted octanol–water partition coefficient (Wildman–Crippen LogP) is 3.00. The maximum atomic E-state index is 6.45. The van der Waals surface area contributed by atoms with Crippen molar-refractivity contribution >= 4 is 17.3 Å². The van der Waals surface area contributed by atoms with Gasteiger partial charge in [-0.25, -0.2) is 0 Å². The molecule has 0 atom stereocenters. The molecule has 0 saturated carbocycles. The van der Waals surface area contributed by atoms with Gasteiger partial charge in [-0.3, -0.25) is 0 Å². The lowest BCUT2D eigenvalue weighted by molar-refractivity contribution is 0.205. The van der Waals surface area contributed by atoms with Crippen molar-refractivity contribution < 1.29 is 4.74 Å². The Kier molecular flexibility index (Phi) is 6.43. The van der Waals surface area contributed by atoms with Crippen molar-refractivity contribution in [3.8, 4) is 5.75 Å². The Morgan fingerprint density at radius 2 is 1.83 bits per heavy atom. The molecule has 2 aliphatic heterocycles. The van der Waals surface area contributed by atoms with E-state index in [2.05, 4.69) is 21.2 Å². The first kappa shape index (κ1) is 16.9. The van der Waals surface area contributed by atoms with E-state index >= 15 is 0 Å². The highest BCUT2D eigenvalue weighted by Crippen LogP contribution is 2.30. The van der Waals surface area contributed by atoms with Gasteiger partial charge in [-0.05, 0) is 44.5 Å². The normalized spacial score (nSPS) is 19.8. The zero-order chi connectivity index (χ0) is 15.9. The van der Waals surface area contributed by atoms with Gasteiger partial charge in [0.2, 0.25) is 0 Å². The number of anilines is 1. The molecule has 23 heavy (non-hydrogen) atoms. The summed E-state index contributed by atoms with van der Waals surface area (Å²) in [5.74, 6) is 0.882. The summed E-state index contributed by atoms with van der Waals surface area (Å²) >= 11 is 6.45. The second kappa shape index (κ2) is 8.76. The van der Waals surface area contributed by atoms with Gasteiger partial charge in [-0.2, -0.15) is 0 Å². The van der Waals surface area contributed by atoms with Crippen molar-refractivity contribution in [3.05, 3.63) is 23.2 Å². The number of hydrogen-bond donors (Lipinski definition) is 1. The molecule has 2 saturated heterocycles. The number of piperazine rings is 1. The fourth-order valence-electron chi connectivity index (χ4n) is 3.40. The predicted molar refractivity (Wildman–Crippen MR) is 96.9 cm³/mol. The van der Waals surface area contributed by atoms with E-state index in [0.29, 0.717) is 0 Å². The third kappa shape index (κ3) is 5.00. The fraction of sp³-hybridized carbons (Fsp3) is 0.667. The number of benzene rings is 1. The van der Waals surface area contributed by atoms with Gasteiger partial charge in [0.1, 0.15) is 5.75 Å². The third-order valence-corrected chi connectivity index (χ3v) is 5.02. The Bertz CT molecular complexity index is 485. The van der Waals surface area contributed by atoms with Gasteiger partial charge in [0.05, 0.1) is 17.3 Å². The Morgan fingerprint density at radius 3 is 2.57 bits per heavy atom. The van der Waals surface area contributed by atoms with E-state index in [1.165, 1.54) is 32.4 Å². The van der Waals surface area contributed by atoms with E-state index in [-0.39, 0.29) is 0 Å². The largest absolute Gasteiger partial charge is 0.493 e. The first-order valence-corrected chi connectivity index (χ1v) is 9.31. The number of likely N-dealkylation sites (tertiary alicyclic amines) is 1. The van der Waals surface area contributed by atoms with E-state index in [9.17, 15) is 0 Å². The molecule has 128 valence electrons. The Labute approximate surface area is 144 Å². The zero-order valence-electron chi connectivity index (χ0n) is 13.9. The molecule has 2 heterocycles. The standard InChI is InChI=1S/C18H28ClN3O/c19-17-15-16(5-6-18(17)22-12-7-20-8-13-22)23-14-4-11-21-9-2-1-3-10-21/h5-6,15,20H,1-4,7-14H2.